The van der Waals surface area contributed by atoms with Crippen LogP contribution >= 0.6 is 11.3 Å². The summed E-state index contributed by atoms with van der Waals surface area (Å²) < 4.78 is 1.11. The first-order valence-electron chi connectivity index (χ1n) is 7.11. The van der Waals surface area contributed by atoms with Crippen LogP contribution in [0.1, 0.15) is 26.2 Å². The number of hydrogen-bond acceptors (Lipinski definition) is 4. The van der Waals surface area contributed by atoms with E-state index in [1.165, 1.54) is 11.3 Å². The molecule has 1 aliphatic heterocycles. The van der Waals surface area contributed by atoms with Crippen molar-refractivity contribution in [1.82, 2.24) is 10.3 Å². The number of anilines is 1. The monoisotopic (exact) mass is 289 g/mol. The molecule has 1 unspecified atom stereocenters. The Bertz CT molecular complexity index is 583. The van der Waals surface area contributed by atoms with Crippen molar-refractivity contribution in [2.45, 2.75) is 26.2 Å². The summed E-state index contributed by atoms with van der Waals surface area (Å²) in [4.78, 5) is 17.1. The van der Waals surface area contributed by atoms with Gasteiger partial charge in [-0.1, -0.05) is 36.8 Å². The van der Waals surface area contributed by atoms with Gasteiger partial charge in [-0.05, 0) is 31.5 Å². The highest BCUT2D eigenvalue weighted by atomic mass is 32.1. The molecule has 3 rings (SSSR count). The molecule has 1 aromatic carbocycles. The highest BCUT2D eigenvalue weighted by Crippen LogP contribution is 2.34. The number of nitrogens with zero attached hydrogens (tertiary/aromatic N) is 1. The zero-order valence-corrected chi connectivity index (χ0v) is 12.4. The van der Waals surface area contributed by atoms with Crippen LogP contribution < -0.4 is 10.6 Å². The predicted octanol–water partition coefficient (Wildman–Crippen LogP) is 3.01. The number of thiazole rings is 1. The average molecular weight is 289 g/mol. The fourth-order valence-corrected chi connectivity index (χ4v) is 3.76. The number of carbonyl (C=O) groups is 1. The van der Waals surface area contributed by atoms with Gasteiger partial charge in [-0.15, -0.1) is 0 Å². The van der Waals surface area contributed by atoms with Crippen molar-refractivity contribution < 1.29 is 4.79 Å². The Labute approximate surface area is 122 Å². The van der Waals surface area contributed by atoms with Crippen molar-refractivity contribution in [3.8, 4) is 0 Å². The zero-order valence-electron chi connectivity index (χ0n) is 11.6. The second kappa shape index (κ2) is 5.50. The number of benzene rings is 1. The van der Waals surface area contributed by atoms with Crippen LogP contribution in [-0.2, 0) is 4.79 Å². The van der Waals surface area contributed by atoms with Crippen LogP contribution in [0.25, 0.3) is 10.2 Å². The van der Waals surface area contributed by atoms with Crippen LogP contribution in [0.15, 0.2) is 24.3 Å². The van der Waals surface area contributed by atoms with Crippen molar-refractivity contribution in [3.63, 3.8) is 0 Å². The summed E-state index contributed by atoms with van der Waals surface area (Å²) in [5, 5.41) is 7.05. The third-order valence-electron chi connectivity index (χ3n) is 3.97. The van der Waals surface area contributed by atoms with E-state index in [1.807, 2.05) is 24.3 Å². The number of hydrogen-bond donors (Lipinski definition) is 2. The second-order valence-corrected chi connectivity index (χ2v) is 6.43. The van der Waals surface area contributed by atoms with Gasteiger partial charge in [-0.3, -0.25) is 4.79 Å². The molecule has 1 saturated heterocycles. The van der Waals surface area contributed by atoms with Crippen molar-refractivity contribution in [3.05, 3.63) is 24.3 Å². The number of nitrogens with one attached hydrogen (secondary N) is 2. The number of fused-ring (bicyclic) bond motifs is 1. The molecule has 0 radical (unpaired) electrons. The molecule has 5 heteroatoms. The summed E-state index contributed by atoms with van der Waals surface area (Å²) in [5.41, 5.74) is 0.689. The molecular weight excluding hydrogens is 270 g/mol. The van der Waals surface area contributed by atoms with E-state index in [0.29, 0.717) is 5.13 Å². The Hall–Kier alpha value is -1.46. The van der Waals surface area contributed by atoms with Crippen LogP contribution in [0.3, 0.4) is 0 Å². The lowest BCUT2D eigenvalue weighted by atomic mass is 9.81. The topological polar surface area (TPSA) is 54.0 Å². The highest BCUT2D eigenvalue weighted by molar-refractivity contribution is 7.22. The van der Waals surface area contributed by atoms with Crippen molar-refractivity contribution in [2.24, 2.45) is 5.41 Å². The molecule has 1 aromatic heterocycles. The van der Waals surface area contributed by atoms with Crippen LogP contribution in [0.2, 0.25) is 0 Å². The van der Waals surface area contributed by atoms with Gasteiger partial charge in [-0.25, -0.2) is 4.98 Å². The molecule has 0 saturated carbocycles. The zero-order chi connectivity index (χ0) is 14.0. The standard InChI is InChI=1S/C15H19N3OS/c1-2-7-15(8-9-16-10-15)13(19)18-14-17-11-5-3-4-6-12(11)20-14/h3-6,16H,2,7-10H2,1H3,(H,17,18,19). The first-order chi connectivity index (χ1) is 9.73. The minimum atomic E-state index is -0.257. The van der Waals surface area contributed by atoms with Gasteiger partial charge in [0.15, 0.2) is 5.13 Å². The lowest BCUT2D eigenvalue weighted by Gasteiger charge is -2.25. The van der Waals surface area contributed by atoms with Crippen LogP contribution in [0, 0.1) is 5.41 Å². The third kappa shape index (κ3) is 2.43. The Morgan fingerprint density at radius 2 is 2.35 bits per heavy atom. The summed E-state index contributed by atoms with van der Waals surface area (Å²) >= 11 is 1.54. The summed E-state index contributed by atoms with van der Waals surface area (Å²) in [5.74, 6) is 0.114. The summed E-state index contributed by atoms with van der Waals surface area (Å²) in [7, 11) is 0. The smallest absolute Gasteiger partial charge is 0.233 e. The molecule has 1 atom stereocenters. The Balaban J connectivity index is 1.80. The fraction of sp³-hybridized carbons (Fsp3) is 0.467. The van der Waals surface area contributed by atoms with E-state index in [1.54, 1.807) is 0 Å². The van der Waals surface area contributed by atoms with E-state index in [-0.39, 0.29) is 11.3 Å². The maximum Gasteiger partial charge on any atom is 0.233 e. The molecule has 1 amide bonds. The summed E-state index contributed by atoms with van der Waals surface area (Å²) in [6, 6.07) is 7.96. The first kappa shape index (κ1) is 13.5. The molecule has 1 fully saturated rings. The molecule has 20 heavy (non-hydrogen) atoms. The number of aromatic nitrogens is 1. The van der Waals surface area contributed by atoms with Gasteiger partial charge in [0, 0.05) is 6.54 Å². The molecule has 0 spiro atoms. The van der Waals surface area contributed by atoms with Crippen LogP contribution in [0.4, 0.5) is 5.13 Å². The van der Waals surface area contributed by atoms with Crippen molar-refractivity contribution in [1.29, 1.82) is 0 Å². The predicted molar refractivity (Wildman–Crippen MR) is 83.1 cm³/mol. The lowest BCUT2D eigenvalue weighted by molar-refractivity contribution is -0.125. The maximum absolute atomic E-state index is 12.6. The van der Waals surface area contributed by atoms with E-state index in [9.17, 15) is 4.79 Å². The van der Waals surface area contributed by atoms with Gasteiger partial charge in [0.1, 0.15) is 0 Å². The van der Waals surface area contributed by atoms with E-state index < -0.39 is 0 Å². The van der Waals surface area contributed by atoms with Crippen molar-refractivity contribution in [2.75, 3.05) is 18.4 Å². The second-order valence-electron chi connectivity index (χ2n) is 5.40. The molecule has 2 heterocycles. The summed E-state index contributed by atoms with van der Waals surface area (Å²) in [6.07, 6.45) is 2.86. The quantitative estimate of drug-likeness (QED) is 0.909. The number of rotatable bonds is 4. The van der Waals surface area contributed by atoms with Gasteiger partial charge in [-0.2, -0.15) is 0 Å². The van der Waals surface area contributed by atoms with Gasteiger partial charge >= 0.3 is 0 Å². The molecule has 0 bridgehead atoms. The number of carbonyl (C=O) groups excluding carboxylic acids is 1. The van der Waals surface area contributed by atoms with Crippen LogP contribution in [0.5, 0.6) is 0 Å². The molecule has 4 nitrogen and oxygen atoms in total. The molecule has 0 aliphatic carbocycles. The van der Waals surface area contributed by atoms with Gasteiger partial charge in [0.2, 0.25) is 5.91 Å². The molecule has 1 aliphatic rings. The Kier molecular flexibility index (Phi) is 3.72. The maximum atomic E-state index is 12.6. The Morgan fingerprint density at radius 3 is 3.05 bits per heavy atom. The lowest BCUT2D eigenvalue weighted by Crippen LogP contribution is -2.38. The molecule has 106 valence electrons. The third-order valence-corrected chi connectivity index (χ3v) is 4.92. The molecule has 2 aromatic rings. The largest absolute Gasteiger partial charge is 0.316 e. The number of para-hydroxylation sites is 1. The normalized spacial score (nSPS) is 22.2. The number of amides is 1. The fourth-order valence-electron chi connectivity index (χ4n) is 2.90. The van der Waals surface area contributed by atoms with Crippen molar-refractivity contribution >= 4 is 32.6 Å². The first-order valence-corrected chi connectivity index (χ1v) is 7.93. The summed E-state index contributed by atoms with van der Waals surface area (Å²) in [6.45, 7) is 3.83. The Morgan fingerprint density at radius 1 is 1.50 bits per heavy atom. The molecular formula is C15H19N3OS. The van der Waals surface area contributed by atoms with E-state index in [2.05, 4.69) is 22.5 Å². The van der Waals surface area contributed by atoms with Gasteiger partial charge < -0.3 is 10.6 Å². The van der Waals surface area contributed by atoms with Gasteiger partial charge in [0.25, 0.3) is 0 Å². The van der Waals surface area contributed by atoms with E-state index in [4.69, 9.17) is 0 Å². The van der Waals surface area contributed by atoms with E-state index >= 15 is 0 Å². The molecule has 2 N–H and O–H groups in total. The minimum Gasteiger partial charge on any atom is -0.316 e. The van der Waals surface area contributed by atoms with Crippen LogP contribution in [-0.4, -0.2) is 24.0 Å². The SMILES string of the molecule is CCCC1(C(=O)Nc2nc3ccccc3s2)CCNC1. The highest BCUT2D eigenvalue weighted by Gasteiger charge is 2.40. The van der Waals surface area contributed by atoms with E-state index in [0.717, 1.165) is 42.6 Å². The average Bonchev–Trinajstić information content (AvgIpc) is 3.05. The minimum absolute atomic E-state index is 0.114. The van der Waals surface area contributed by atoms with Gasteiger partial charge in [0.05, 0.1) is 15.6 Å².